The van der Waals surface area contributed by atoms with Crippen LogP contribution in [0.2, 0.25) is 0 Å². The second-order valence-corrected chi connectivity index (χ2v) is 5.90. The molecule has 1 aliphatic rings. The van der Waals surface area contributed by atoms with Gasteiger partial charge >= 0.3 is 6.09 Å². The fraction of sp³-hybridized carbons (Fsp3) is 0.167. The van der Waals surface area contributed by atoms with Crippen molar-refractivity contribution >= 4 is 17.9 Å². The number of ether oxygens (including phenoxy) is 1. The van der Waals surface area contributed by atoms with Crippen LogP contribution >= 0.6 is 11.8 Å². The van der Waals surface area contributed by atoms with Crippen molar-refractivity contribution in [2.45, 2.75) is 16.7 Å². The quantitative estimate of drug-likeness (QED) is 0.859. The van der Waals surface area contributed by atoms with E-state index in [1.165, 1.54) is 10.5 Å². The van der Waals surface area contributed by atoms with Crippen LogP contribution in [-0.4, -0.2) is 12.7 Å². The summed E-state index contributed by atoms with van der Waals surface area (Å²) in [5.41, 5.74) is 3.39. The molecule has 2 aromatic rings. The zero-order valence-electron chi connectivity index (χ0n) is 11.9. The number of nitrogens with one attached hydrogen (secondary N) is 1. The minimum atomic E-state index is -0.501. The lowest BCUT2D eigenvalue weighted by Gasteiger charge is -2.20. The number of carbonyl (C=O) groups excluding carboxylic acids is 1. The fourth-order valence-electron chi connectivity index (χ4n) is 2.54. The molecule has 0 radical (unpaired) electrons. The molecule has 1 amide bonds. The molecule has 0 saturated carbocycles. The number of rotatable bonds is 2. The number of alkyl carbamates (subject to hydrolysis) is 1. The second kappa shape index (κ2) is 6.59. The summed E-state index contributed by atoms with van der Waals surface area (Å²) in [6.07, 6.45) is 4.63. The molecule has 2 aromatic carbocycles. The monoisotopic (exact) mass is 309 g/mol. The van der Waals surface area contributed by atoms with E-state index in [4.69, 9.17) is 11.2 Å². The largest absolute Gasteiger partial charge is 0.436 e. The maximum atomic E-state index is 12.0. The second-order valence-electron chi connectivity index (χ2n) is 4.88. The predicted molar refractivity (Wildman–Crippen MR) is 87.6 cm³/mol. The van der Waals surface area contributed by atoms with Crippen molar-refractivity contribution < 1.29 is 9.53 Å². The third kappa shape index (κ3) is 2.95. The number of benzene rings is 2. The molecule has 0 unspecified atom stereocenters. The molecule has 1 heterocycles. The van der Waals surface area contributed by atoms with Crippen molar-refractivity contribution in [3.8, 4) is 12.3 Å². The number of amides is 1. The summed E-state index contributed by atoms with van der Waals surface area (Å²) >= 11 is 1.78. The minimum absolute atomic E-state index is 0.0312. The van der Waals surface area contributed by atoms with Crippen LogP contribution in [0, 0.1) is 12.3 Å². The summed E-state index contributed by atoms with van der Waals surface area (Å²) < 4.78 is 4.97. The van der Waals surface area contributed by atoms with E-state index < -0.39 is 6.09 Å². The first-order valence-electron chi connectivity index (χ1n) is 6.96. The van der Waals surface area contributed by atoms with E-state index in [2.05, 4.69) is 23.4 Å². The molecule has 0 spiro atoms. The first-order valence-corrected chi connectivity index (χ1v) is 7.94. The molecule has 0 saturated heterocycles. The van der Waals surface area contributed by atoms with Crippen LogP contribution in [0.1, 0.15) is 22.7 Å². The number of hydrogen-bond acceptors (Lipinski definition) is 3. The van der Waals surface area contributed by atoms with Crippen molar-refractivity contribution in [1.29, 1.82) is 0 Å². The van der Waals surface area contributed by atoms with Crippen molar-refractivity contribution in [1.82, 2.24) is 5.32 Å². The van der Waals surface area contributed by atoms with Gasteiger partial charge in [0, 0.05) is 10.6 Å². The van der Waals surface area contributed by atoms with E-state index in [1.807, 2.05) is 36.4 Å². The summed E-state index contributed by atoms with van der Waals surface area (Å²) in [5.74, 6) is 3.18. The fourth-order valence-corrected chi connectivity index (χ4v) is 3.64. The Morgan fingerprint density at radius 3 is 2.77 bits per heavy atom. The van der Waals surface area contributed by atoms with Crippen LogP contribution in [0.4, 0.5) is 4.79 Å². The first-order chi connectivity index (χ1) is 10.8. The summed E-state index contributed by atoms with van der Waals surface area (Å²) in [6, 6.07) is 16.0. The molecular formula is C18H15NO2S. The minimum Gasteiger partial charge on any atom is -0.436 e. The number of hydrogen-bond donors (Lipinski definition) is 1. The van der Waals surface area contributed by atoms with E-state index in [1.54, 1.807) is 11.8 Å². The molecule has 22 heavy (non-hydrogen) atoms. The van der Waals surface area contributed by atoms with E-state index in [9.17, 15) is 4.79 Å². The standard InChI is InChI=1S/C18H15NO2S/c1-2-11-21-18(20)19-17-14-8-4-3-7-13(14)12-22-16-10-6-5-9-15(16)17/h1,3-10,17H,11-12H2,(H,19,20)/t17-/m0/s1. The normalized spacial score (nSPS) is 15.7. The van der Waals surface area contributed by atoms with Gasteiger partial charge in [-0.2, -0.15) is 0 Å². The third-order valence-corrected chi connectivity index (χ3v) is 4.67. The van der Waals surface area contributed by atoms with E-state index >= 15 is 0 Å². The summed E-state index contributed by atoms with van der Waals surface area (Å²) in [4.78, 5) is 13.1. The van der Waals surface area contributed by atoms with Crippen molar-refractivity contribution in [2.24, 2.45) is 0 Å². The predicted octanol–water partition coefficient (Wildman–Crippen LogP) is 3.74. The Hall–Kier alpha value is -2.38. The van der Waals surface area contributed by atoms with Gasteiger partial charge in [0.1, 0.15) is 0 Å². The molecule has 3 rings (SSSR count). The Balaban J connectivity index is 1.99. The van der Waals surface area contributed by atoms with E-state index in [-0.39, 0.29) is 12.6 Å². The lowest BCUT2D eigenvalue weighted by Crippen LogP contribution is -2.30. The molecule has 0 aromatic heterocycles. The maximum absolute atomic E-state index is 12.0. The highest BCUT2D eigenvalue weighted by Gasteiger charge is 2.25. The Labute approximate surface area is 134 Å². The van der Waals surface area contributed by atoms with Crippen LogP contribution < -0.4 is 5.32 Å². The Morgan fingerprint density at radius 1 is 1.23 bits per heavy atom. The Morgan fingerprint density at radius 2 is 1.95 bits per heavy atom. The SMILES string of the molecule is C#CCOC(=O)N[C@H]1c2ccccc2CSc2ccccc21. The van der Waals surface area contributed by atoms with Gasteiger partial charge in [-0.3, -0.25) is 0 Å². The van der Waals surface area contributed by atoms with Gasteiger partial charge in [0.15, 0.2) is 6.61 Å². The Kier molecular flexibility index (Phi) is 4.36. The van der Waals surface area contributed by atoms with Crippen LogP contribution in [0.3, 0.4) is 0 Å². The van der Waals surface area contributed by atoms with Gasteiger partial charge < -0.3 is 10.1 Å². The lowest BCUT2D eigenvalue weighted by atomic mass is 9.95. The van der Waals surface area contributed by atoms with E-state index in [0.29, 0.717) is 0 Å². The highest BCUT2D eigenvalue weighted by molar-refractivity contribution is 7.98. The van der Waals surface area contributed by atoms with Gasteiger partial charge in [0.2, 0.25) is 0 Å². The highest BCUT2D eigenvalue weighted by atomic mass is 32.2. The maximum Gasteiger partial charge on any atom is 0.408 e. The van der Waals surface area contributed by atoms with Crippen LogP contribution in [0.25, 0.3) is 0 Å². The van der Waals surface area contributed by atoms with E-state index in [0.717, 1.165) is 16.9 Å². The molecule has 3 nitrogen and oxygen atoms in total. The highest BCUT2D eigenvalue weighted by Crippen LogP contribution is 2.39. The van der Waals surface area contributed by atoms with Crippen molar-refractivity contribution in [2.75, 3.05) is 6.61 Å². The smallest absolute Gasteiger partial charge is 0.408 e. The molecule has 0 aliphatic carbocycles. The number of thioether (sulfide) groups is 1. The third-order valence-electron chi connectivity index (χ3n) is 3.53. The van der Waals surface area contributed by atoms with Gasteiger partial charge in [-0.1, -0.05) is 48.4 Å². The summed E-state index contributed by atoms with van der Waals surface area (Å²) in [7, 11) is 0. The Bertz CT molecular complexity index is 688. The van der Waals surface area contributed by atoms with Crippen molar-refractivity contribution in [3.63, 3.8) is 0 Å². The average Bonchev–Trinajstić information content (AvgIpc) is 2.71. The number of fused-ring (bicyclic) bond motifs is 2. The lowest BCUT2D eigenvalue weighted by molar-refractivity contribution is 0.157. The van der Waals surface area contributed by atoms with Gasteiger partial charge in [-0.15, -0.1) is 18.2 Å². The molecular weight excluding hydrogens is 294 g/mol. The molecule has 0 bridgehead atoms. The van der Waals surface area contributed by atoms with Crippen LogP contribution in [0.5, 0.6) is 0 Å². The molecule has 1 aliphatic heterocycles. The molecule has 1 atom stereocenters. The molecule has 1 N–H and O–H groups in total. The van der Waals surface area contributed by atoms with Gasteiger partial charge in [-0.25, -0.2) is 4.79 Å². The zero-order chi connectivity index (χ0) is 15.4. The van der Waals surface area contributed by atoms with Gasteiger partial charge in [0.05, 0.1) is 6.04 Å². The topological polar surface area (TPSA) is 38.3 Å². The molecule has 4 heteroatoms. The molecule has 0 fully saturated rings. The van der Waals surface area contributed by atoms with Crippen LogP contribution in [-0.2, 0) is 10.5 Å². The first kappa shape index (κ1) is 14.6. The van der Waals surface area contributed by atoms with Crippen molar-refractivity contribution in [3.05, 3.63) is 65.2 Å². The molecule has 110 valence electrons. The van der Waals surface area contributed by atoms with Gasteiger partial charge in [-0.05, 0) is 22.8 Å². The number of carbonyl (C=O) groups is 1. The average molecular weight is 309 g/mol. The number of terminal acetylenes is 1. The summed E-state index contributed by atoms with van der Waals surface area (Å²) in [5, 5.41) is 2.94. The van der Waals surface area contributed by atoms with Gasteiger partial charge in [0.25, 0.3) is 0 Å². The summed E-state index contributed by atoms with van der Waals surface area (Å²) in [6.45, 7) is -0.0312. The van der Waals surface area contributed by atoms with Crippen LogP contribution in [0.15, 0.2) is 53.4 Å². The zero-order valence-corrected chi connectivity index (χ0v) is 12.7.